The van der Waals surface area contributed by atoms with E-state index in [1.807, 2.05) is 23.6 Å². The van der Waals surface area contributed by atoms with Crippen LogP contribution in [-0.4, -0.2) is 53.9 Å². The van der Waals surface area contributed by atoms with E-state index < -0.39 is 0 Å². The number of ether oxygens (including phenoxy) is 1. The van der Waals surface area contributed by atoms with Crippen molar-refractivity contribution in [3.8, 4) is 11.5 Å². The Hall–Kier alpha value is -3.27. The van der Waals surface area contributed by atoms with Crippen LogP contribution in [0.5, 0.6) is 0 Å². The van der Waals surface area contributed by atoms with E-state index in [1.54, 1.807) is 13.3 Å². The minimum absolute atomic E-state index is 0.0165. The minimum Gasteiger partial charge on any atom is -0.384 e. The van der Waals surface area contributed by atoms with E-state index in [-0.39, 0.29) is 12.1 Å². The highest BCUT2D eigenvalue weighted by atomic mass is 16.5. The molecule has 10 nitrogen and oxygen atoms in total. The predicted octanol–water partition coefficient (Wildman–Crippen LogP) is 2.45. The van der Waals surface area contributed by atoms with E-state index >= 15 is 0 Å². The number of methoxy groups -OCH3 is 1. The molecule has 4 rings (SSSR count). The highest BCUT2D eigenvalue weighted by Crippen LogP contribution is 2.30. The Bertz CT molecular complexity index is 1180. The van der Waals surface area contributed by atoms with Crippen molar-refractivity contribution < 1.29 is 4.74 Å². The summed E-state index contributed by atoms with van der Waals surface area (Å²) in [5.74, 6) is 2.58. The lowest BCUT2D eigenvalue weighted by Gasteiger charge is -2.17. The van der Waals surface area contributed by atoms with Gasteiger partial charge >= 0.3 is 0 Å². The van der Waals surface area contributed by atoms with Crippen LogP contribution in [0, 0.1) is 6.92 Å². The van der Waals surface area contributed by atoms with Crippen LogP contribution in [0.3, 0.4) is 0 Å². The van der Waals surface area contributed by atoms with Gasteiger partial charge in [-0.15, -0.1) is 10.2 Å². The molecular formula is C19H25N9O. The van der Waals surface area contributed by atoms with Gasteiger partial charge in [0.2, 0.25) is 5.65 Å². The molecule has 0 spiro atoms. The van der Waals surface area contributed by atoms with Crippen LogP contribution in [0.1, 0.15) is 32.6 Å². The van der Waals surface area contributed by atoms with E-state index in [2.05, 4.69) is 45.8 Å². The second-order valence-electron chi connectivity index (χ2n) is 7.42. The molecule has 0 bridgehead atoms. The van der Waals surface area contributed by atoms with E-state index in [1.165, 1.54) is 0 Å². The second-order valence-corrected chi connectivity index (χ2v) is 7.42. The van der Waals surface area contributed by atoms with Crippen molar-refractivity contribution in [1.82, 2.24) is 34.1 Å². The number of anilines is 2. The topological polar surface area (TPSA) is 121 Å². The maximum Gasteiger partial charge on any atom is 0.203 e. The van der Waals surface area contributed by atoms with Gasteiger partial charge in [0.1, 0.15) is 22.9 Å². The number of nitrogen functional groups attached to an aromatic ring is 1. The first-order chi connectivity index (χ1) is 13.9. The van der Waals surface area contributed by atoms with Gasteiger partial charge < -0.3 is 20.4 Å². The zero-order valence-electron chi connectivity index (χ0n) is 17.2. The molecule has 4 aromatic rings. The molecule has 152 valence electrons. The van der Waals surface area contributed by atoms with Gasteiger partial charge in [0.05, 0.1) is 24.4 Å². The summed E-state index contributed by atoms with van der Waals surface area (Å²) in [6.45, 7) is 8.60. The van der Waals surface area contributed by atoms with Crippen LogP contribution in [0.25, 0.3) is 28.2 Å². The molecule has 29 heavy (non-hydrogen) atoms. The molecule has 1 unspecified atom stereocenters. The summed E-state index contributed by atoms with van der Waals surface area (Å²) in [5.41, 5.74) is 8.95. The maximum absolute atomic E-state index is 5.94. The van der Waals surface area contributed by atoms with Crippen LogP contribution in [0.2, 0.25) is 0 Å². The van der Waals surface area contributed by atoms with Gasteiger partial charge in [0.15, 0.2) is 11.6 Å². The number of aromatic nitrogens is 7. The molecule has 1 atom stereocenters. The number of rotatable bonds is 6. The van der Waals surface area contributed by atoms with Crippen molar-refractivity contribution in [3.63, 3.8) is 0 Å². The first-order valence-corrected chi connectivity index (χ1v) is 9.50. The Kier molecular flexibility index (Phi) is 4.79. The molecule has 10 heteroatoms. The van der Waals surface area contributed by atoms with Crippen LogP contribution in [-0.2, 0) is 4.74 Å². The fourth-order valence-corrected chi connectivity index (χ4v) is 3.44. The Morgan fingerprint density at radius 3 is 2.72 bits per heavy atom. The third kappa shape index (κ3) is 3.35. The number of hydrogen-bond acceptors (Lipinski definition) is 8. The smallest absolute Gasteiger partial charge is 0.203 e. The van der Waals surface area contributed by atoms with Gasteiger partial charge in [0, 0.05) is 25.4 Å². The van der Waals surface area contributed by atoms with Gasteiger partial charge in [-0.05, 0) is 27.7 Å². The summed E-state index contributed by atoms with van der Waals surface area (Å²) in [6.07, 6.45) is 3.59. The lowest BCUT2D eigenvalue weighted by Crippen LogP contribution is -2.15. The number of fused-ring (bicyclic) bond motifs is 2. The van der Waals surface area contributed by atoms with Crippen LogP contribution in [0.4, 0.5) is 11.6 Å². The summed E-state index contributed by atoms with van der Waals surface area (Å²) >= 11 is 0. The summed E-state index contributed by atoms with van der Waals surface area (Å²) in [7, 11) is 1.68. The van der Waals surface area contributed by atoms with Crippen molar-refractivity contribution in [3.05, 3.63) is 24.3 Å². The number of nitrogens with one attached hydrogen (secondary N) is 1. The lowest BCUT2D eigenvalue weighted by molar-refractivity contribution is 0.164. The zero-order chi connectivity index (χ0) is 20.7. The van der Waals surface area contributed by atoms with E-state index in [0.29, 0.717) is 35.4 Å². The third-order valence-corrected chi connectivity index (χ3v) is 4.66. The van der Waals surface area contributed by atoms with Crippen molar-refractivity contribution in [2.24, 2.45) is 0 Å². The highest BCUT2D eigenvalue weighted by molar-refractivity contribution is 5.82. The fourth-order valence-electron chi connectivity index (χ4n) is 3.44. The first kappa shape index (κ1) is 19.1. The third-order valence-electron chi connectivity index (χ3n) is 4.66. The molecule has 0 aromatic carbocycles. The Morgan fingerprint density at radius 1 is 1.21 bits per heavy atom. The van der Waals surface area contributed by atoms with Crippen molar-refractivity contribution >= 4 is 28.3 Å². The number of nitrogens with two attached hydrogens (primary N) is 1. The number of imidazole rings is 1. The van der Waals surface area contributed by atoms with E-state index in [0.717, 1.165) is 16.9 Å². The Morgan fingerprint density at radius 2 is 2.00 bits per heavy atom. The number of aryl methyl sites for hydroxylation is 1. The zero-order valence-corrected chi connectivity index (χ0v) is 17.2. The van der Waals surface area contributed by atoms with E-state index in [4.69, 9.17) is 20.4 Å². The molecule has 4 aromatic heterocycles. The summed E-state index contributed by atoms with van der Waals surface area (Å²) in [6, 6.07) is 2.03. The number of hydrogen-bond donors (Lipinski definition) is 2. The minimum atomic E-state index is 0.0165. The first-order valence-electron chi connectivity index (χ1n) is 9.50. The van der Waals surface area contributed by atoms with Crippen molar-refractivity contribution in [2.45, 2.75) is 39.8 Å². The van der Waals surface area contributed by atoms with Crippen molar-refractivity contribution in [2.75, 3.05) is 24.8 Å². The number of pyridine rings is 1. The average molecular weight is 395 g/mol. The lowest BCUT2D eigenvalue weighted by atomic mass is 10.3. The van der Waals surface area contributed by atoms with Gasteiger partial charge in [-0.2, -0.15) is 0 Å². The predicted molar refractivity (Wildman–Crippen MR) is 112 cm³/mol. The van der Waals surface area contributed by atoms with Crippen LogP contribution < -0.4 is 11.1 Å². The molecule has 4 heterocycles. The fraction of sp³-hybridized carbons (Fsp3) is 0.421. The standard InChI is InChI=1S/C19H25N9O/c1-10(2)22-17-19-26-25-12(4)27(19)8-14(23-17)18-24-13-7-21-16(20)6-15(13)28(18)11(3)9-29-5/h6-8,10-11H,9H2,1-5H3,(H2,20,21)(H,22,23). The number of nitrogens with zero attached hydrogens (tertiary/aromatic N) is 7. The van der Waals surface area contributed by atoms with E-state index in [9.17, 15) is 0 Å². The molecule has 0 aliphatic heterocycles. The second kappa shape index (κ2) is 7.28. The SMILES string of the molecule is COCC(C)n1c(-c2cn3c(C)nnc3c(NC(C)C)n2)nc2cnc(N)cc21. The molecule has 0 aliphatic rings. The summed E-state index contributed by atoms with van der Waals surface area (Å²) < 4.78 is 9.41. The summed E-state index contributed by atoms with van der Waals surface area (Å²) in [4.78, 5) is 13.8. The van der Waals surface area contributed by atoms with Gasteiger partial charge in [0.25, 0.3) is 0 Å². The molecular weight excluding hydrogens is 370 g/mol. The molecule has 0 aliphatic carbocycles. The van der Waals surface area contributed by atoms with Gasteiger partial charge in [-0.1, -0.05) is 0 Å². The normalized spacial score (nSPS) is 12.9. The largest absolute Gasteiger partial charge is 0.384 e. The van der Waals surface area contributed by atoms with Crippen LogP contribution in [0.15, 0.2) is 18.5 Å². The molecule has 3 N–H and O–H groups in total. The molecule has 0 saturated carbocycles. The monoisotopic (exact) mass is 395 g/mol. The molecule has 0 amide bonds. The summed E-state index contributed by atoms with van der Waals surface area (Å²) in [5, 5.41) is 11.8. The highest BCUT2D eigenvalue weighted by Gasteiger charge is 2.21. The molecule has 0 fully saturated rings. The maximum atomic E-state index is 5.94. The van der Waals surface area contributed by atoms with Gasteiger partial charge in [-0.25, -0.2) is 15.0 Å². The Balaban J connectivity index is 1.99. The molecule has 0 saturated heterocycles. The van der Waals surface area contributed by atoms with Crippen LogP contribution >= 0.6 is 0 Å². The van der Waals surface area contributed by atoms with Crippen molar-refractivity contribution in [1.29, 1.82) is 0 Å². The van der Waals surface area contributed by atoms with Gasteiger partial charge in [-0.3, -0.25) is 4.40 Å². The quantitative estimate of drug-likeness (QED) is 0.511. The average Bonchev–Trinajstić information content (AvgIpc) is 3.22. The molecule has 0 radical (unpaired) electrons. The Labute approximate surface area is 168 Å².